The summed E-state index contributed by atoms with van der Waals surface area (Å²) in [4.78, 5) is 13.4. The summed E-state index contributed by atoms with van der Waals surface area (Å²) in [7, 11) is 2.12. The van der Waals surface area contributed by atoms with E-state index in [1.165, 1.54) is 11.1 Å². The number of rotatable bonds is 6. The van der Waals surface area contributed by atoms with Gasteiger partial charge in [0.2, 0.25) is 0 Å². The molecule has 0 bridgehead atoms. The molecule has 0 fully saturated rings. The Labute approximate surface area is 291 Å². The predicted molar refractivity (Wildman–Crippen MR) is 205 cm³/mol. The Morgan fingerprint density at radius 3 is 1.96 bits per heavy atom. The van der Waals surface area contributed by atoms with Gasteiger partial charge in [-0.05, 0) is 70.8 Å². The molecule has 0 saturated heterocycles. The van der Waals surface area contributed by atoms with Crippen molar-refractivity contribution in [3.05, 3.63) is 204 Å². The lowest BCUT2D eigenvalue weighted by Gasteiger charge is -2.38. The lowest BCUT2D eigenvalue weighted by Crippen LogP contribution is -2.31. The van der Waals surface area contributed by atoms with Crippen molar-refractivity contribution in [2.24, 2.45) is 0 Å². The van der Waals surface area contributed by atoms with E-state index in [0.29, 0.717) is 12.4 Å². The molecule has 0 amide bonds. The summed E-state index contributed by atoms with van der Waals surface area (Å²) in [6.07, 6.45) is 1.85. The van der Waals surface area contributed by atoms with Gasteiger partial charge in [-0.3, -0.25) is 4.57 Å². The zero-order chi connectivity index (χ0) is 33.7. The maximum absolute atomic E-state index is 8.29. The van der Waals surface area contributed by atoms with E-state index in [1.54, 1.807) is 0 Å². The van der Waals surface area contributed by atoms with Crippen molar-refractivity contribution in [1.29, 1.82) is 0 Å². The van der Waals surface area contributed by atoms with Crippen molar-refractivity contribution < 1.29 is 0 Å². The van der Waals surface area contributed by atoms with Gasteiger partial charge in [-0.2, -0.15) is 0 Å². The zero-order valence-electron chi connectivity index (χ0n) is 27.6. The van der Waals surface area contributed by atoms with Gasteiger partial charge < -0.3 is 9.80 Å². The standard InChI is InChI=1S/C45H33N5/c1-46-36-27-35(28-37(30-36)49-31-48(2)41-21-11-12-22-42(41)49)45(32-15-5-3-6-16-32,33-17-7-4-8-18-33)34-24-25-39-38-19-9-10-20-40(38)50(43(39)29-34)44-23-13-14-26-47-44/h3-30H,31H2,2H3. The quantitative estimate of drug-likeness (QED) is 0.133. The van der Waals surface area contributed by atoms with E-state index in [1.807, 2.05) is 24.4 Å². The van der Waals surface area contributed by atoms with E-state index in [0.717, 1.165) is 55.9 Å². The number of fused-ring (bicyclic) bond motifs is 4. The van der Waals surface area contributed by atoms with Crippen LogP contribution in [0.2, 0.25) is 0 Å². The van der Waals surface area contributed by atoms with Crippen LogP contribution in [0.25, 0.3) is 32.5 Å². The third kappa shape index (κ3) is 4.50. The van der Waals surface area contributed by atoms with Gasteiger partial charge >= 0.3 is 0 Å². The van der Waals surface area contributed by atoms with E-state index in [4.69, 9.17) is 11.6 Å². The second kappa shape index (κ2) is 11.8. The van der Waals surface area contributed by atoms with E-state index in [9.17, 15) is 0 Å². The molecule has 238 valence electrons. The molecular formula is C45H33N5. The molecule has 9 rings (SSSR count). The molecule has 1 aliphatic heterocycles. The summed E-state index contributed by atoms with van der Waals surface area (Å²) in [6, 6.07) is 57.8. The summed E-state index contributed by atoms with van der Waals surface area (Å²) in [5.74, 6) is 0.870. The Balaban J connectivity index is 1.39. The highest BCUT2D eigenvalue weighted by atomic mass is 15.4. The van der Waals surface area contributed by atoms with Crippen molar-refractivity contribution in [1.82, 2.24) is 9.55 Å². The van der Waals surface area contributed by atoms with Crippen LogP contribution in [0.4, 0.5) is 22.7 Å². The maximum atomic E-state index is 8.29. The van der Waals surface area contributed by atoms with Gasteiger partial charge in [0.05, 0.1) is 41.1 Å². The monoisotopic (exact) mass is 643 g/mol. The van der Waals surface area contributed by atoms with Gasteiger partial charge in [0.25, 0.3) is 0 Å². The Morgan fingerprint density at radius 1 is 0.580 bits per heavy atom. The number of pyridine rings is 1. The van der Waals surface area contributed by atoms with Crippen LogP contribution >= 0.6 is 0 Å². The van der Waals surface area contributed by atoms with Crippen LogP contribution in [0.1, 0.15) is 22.3 Å². The van der Waals surface area contributed by atoms with Crippen LogP contribution in [0.15, 0.2) is 170 Å². The first-order valence-corrected chi connectivity index (χ1v) is 16.8. The number of hydrogen-bond acceptors (Lipinski definition) is 3. The van der Waals surface area contributed by atoms with E-state index >= 15 is 0 Å². The van der Waals surface area contributed by atoms with Crippen LogP contribution in [-0.4, -0.2) is 23.3 Å². The number of benzene rings is 6. The molecular weight excluding hydrogens is 611 g/mol. The van der Waals surface area contributed by atoms with Gasteiger partial charge in [-0.15, -0.1) is 0 Å². The fourth-order valence-electron chi connectivity index (χ4n) is 7.95. The minimum atomic E-state index is -0.761. The Bertz CT molecular complexity index is 2510. The van der Waals surface area contributed by atoms with Crippen molar-refractivity contribution in [3.63, 3.8) is 0 Å². The number of aromatic nitrogens is 2. The second-order valence-corrected chi connectivity index (χ2v) is 12.9. The lowest BCUT2D eigenvalue weighted by molar-refractivity contribution is 0.746. The van der Waals surface area contributed by atoms with E-state index in [2.05, 4.69) is 172 Å². The fourth-order valence-corrected chi connectivity index (χ4v) is 7.95. The van der Waals surface area contributed by atoms with Gasteiger partial charge in [-0.25, -0.2) is 9.83 Å². The van der Waals surface area contributed by atoms with E-state index in [-0.39, 0.29) is 0 Å². The summed E-state index contributed by atoms with van der Waals surface area (Å²) in [5.41, 5.74) is 9.71. The first-order valence-electron chi connectivity index (χ1n) is 16.8. The van der Waals surface area contributed by atoms with Crippen LogP contribution in [0, 0.1) is 6.57 Å². The topological polar surface area (TPSA) is 28.7 Å². The molecule has 1 aliphatic rings. The summed E-state index contributed by atoms with van der Waals surface area (Å²) < 4.78 is 2.27. The Morgan fingerprint density at radius 2 is 1.24 bits per heavy atom. The second-order valence-electron chi connectivity index (χ2n) is 12.9. The third-order valence-corrected chi connectivity index (χ3v) is 10.1. The summed E-state index contributed by atoms with van der Waals surface area (Å²) >= 11 is 0. The average Bonchev–Trinajstić information content (AvgIpc) is 3.70. The first-order chi connectivity index (χ1) is 24.7. The van der Waals surface area contributed by atoms with Crippen LogP contribution in [-0.2, 0) is 5.41 Å². The molecule has 5 heteroatoms. The molecule has 0 N–H and O–H groups in total. The van der Waals surface area contributed by atoms with Crippen LogP contribution in [0.5, 0.6) is 0 Å². The minimum absolute atomic E-state index is 0.601. The summed E-state index contributed by atoms with van der Waals surface area (Å²) in [5, 5.41) is 2.34. The molecule has 0 spiro atoms. The molecule has 8 aromatic rings. The summed E-state index contributed by atoms with van der Waals surface area (Å²) in [6.45, 7) is 8.98. The van der Waals surface area contributed by atoms with Gasteiger partial charge in [-0.1, -0.05) is 115 Å². The first kappa shape index (κ1) is 29.5. The molecule has 0 atom stereocenters. The highest BCUT2D eigenvalue weighted by Gasteiger charge is 2.40. The Hall–Kier alpha value is -6.64. The van der Waals surface area contributed by atoms with Crippen molar-refractivity contribution in [2.45, 2.75) is 5.41 Å². The number of para-hydroxylation sites is 3. The fraction of sp³-hybridized carbons (Fsp3) is 0.0667. The number of anilines is 3. The molecule has 0 radical (unpaired) electrons. The molecule has 50 heavy (non-hydrogen) atoms. The zero-order valence-corrected chi connectivity index (χ0v) is 27.6. The van der Waals surface area contributed by atoms with Gasteiger partial charge in [0.1, 0.15) is 5.82 Å². The van der Waals surface area contributed by atoms with E-state index < -0.39 is 5.41 Å². The van der Waals surface area contributed by atoms with Crippen LogP contribution in [0.3, 0.4) is 0 Å². The molecule has 0 unspecified atom stereocenters. The number of nitrogens with zero attached hydrogens (tertiary/aromatic N) is 5. The molecule has 2 aromatic heterocycles. The Kier molecular flexibility index (Phi) is 6.96. The maximum Gasteiger partial charge on any atom is 0.189 e. The third-order valence-electron chi connectivity index (χ3n) is 10.1. The SMILES string of the molecule is [C-]#[N+]c1cc(N2CN(C)c3ccccc32)cc(C(c2ccccc2)(c2ccccc2)c2ccc3c4ccccc4n(-c4ccccn4)c3c2)c1. The molecule has 3 heterocycles. The molecule has 5 nitrogen and oxygen atoms in total. The molecule has 0 aliphatic carbocycles. The predicted octanol–water partition coefficient (Wildman–Crippen LogP) is 10.7. The minimum Gasteiger partial charge on any atom is -0.355 e. The van der Waals surface area contributed by atoms with Crippen molar-refractivity contribution in [3.8, 4) is 5.82 Å². The van der Waals surface area contributed by atoms with Crippen molar-refractivity contribution in [2.75, 3.05) is 23.5 Å². The number of hydrogen-bond donors (Lipinski definition) is 0. The lowest BCUT2D eigenvalue weighted by atomic mass is 9.65. The van der Waals surface area contributed by atoms with Crippen LogP contribution < -0.4 is 9.80 Å². The highest BCUT2D eigenvalue weighted by Crippen LogP contribution is 2.50. The van der Waals surface area contributed by atoms with Gasteiger partial charge in [0.15, 0.2) is 5.69 Å². The van der Waals surface area contributed by atoms with Crippen molar-refractivity contribution >= 4 is 44.6 Å². The van der Waals surface area contributed by atoms with Gasteiger partial charge in [0, 0.05) is 29.7 Å². The molecule has 0 saturated carbocycles. The highest BCUT2D eigenvalue weighted by molar-refractivity contribution is 6.09. The smallest absolute Gasteiger partial charge is 0.189 e. The normalized spacial score (nSPS) is 12.7. The molecule has 6 aromatic carbocycles. The average molecular weight is 644 g/mol. The largest absolute Gasteiger partial charge is 0.355 e.